The number of unbranched alkanes of at least 4 members (excludes halogenated alkanes) is 1. The monoisotopic (exact) mass is 408 g/mol. The molecule has 8 nitrogen and oxygen atoms in total. The van der Waals surface area contributed by atoms with Crippen molar-refractivity contribution in [2.45, 2.75) is 46.1 Å². The van der Waals surface area contributed by atoms with Crippen LogP contribution in [-0.2, 0) is 16.1 Å². The van der Waals surface area contributed by atoms with E-state index in [2.05, 4.69) is 9.98 Å². The molecular formula is C22H24N4O4. The van der Waals surface area contributed by atoms with Crippen LogP contribution in [0.3, 0.4) is 0 Å². The Morgan fingerprint density at radius 2 is 2.07 bits per heavy atom. The van der Waals surface area contributed by atoms with Crippen LogP contribution in [0.5, 0.6) is 0 Å². The molecule has 0 saturated heterocycles. The maximum absolute atomic E-state index is 13.2. The Morgan fingerprint density at radius 1 is 1.27 bits per heavy atom. The Hall–Kier alpha value is -3.29. The number of aromatic nitrogens is 3. The van der Waals surface area contributed by atoms with Crippen LogP contribution in [0.2, 0.25) is 0 Å². The van der Waals surface area contributed by atoms with Gasteiger partial charge in [0.1, 0.15) is 16.9 Å². The van der Waals surface area contributed by atoms with E-state index >= 15 is 0 Å². The van der Waals surface area contributed by atoms with Crippen molar-refractivity contribution in [3.05, 3.63) is 51.9 Å². The molecular weight excluding hydrogens is 384 g/mol. The third-order valence-corrected chi connectivity index (χ3v) is 5.16. The number of fused-ring (bicyclic) bond motifs is 2. The van der Waals surface area contributed by atoms with Crippen LogP contribution in [0.1, 0.15) is 49.9 Å². The van der Waals surface area contributed by atoms with Gasteiger partial charge in [0.05, 0.1) is 12.0 Å². The fraction of sp³-hybridized carbons (Fsp3) is 0.409. The van der Waals surface area contributed by atoms with Crippen LogP contribution >= 0.6 is 0 Å². The Balaban J connectivity index is 2.11. The predicted molar refractivity (Wildman–Crippen MR) is 111 cm³/mol. The lowest BCUT2D eigenvalue weighted by Crippen LogP contribution is -2.33. The van der Waals surface area contributed by atoms with Crippen molar-refractivity contribution in [3.63, 3.8) is 0 Å². The van der Waals surface area contributed by atoms with Crippen molar-refractivity contribution in [1.29, 1.82) is 0 Å². The molecule has 30 heavy (non-hydrogen) atoms. The van der Waals surface area contributed by atoms with Crippen LogP contribution in [0, 0.1) is 5.92 Å². The van der Waals surface area contributed by atoms with Gasteiger partial charge in [-0.3, -0.25) is 14.0 Å². The summed E-state index contributed by atoms with van der Waals surface area (Å²) in [7, 11) is 0. The molecule has 0 unspecified atom stereocenters. The Kier molecular flexibility index (Phi) is 5.48. The average Bonchev–Trinajstić information content (AvgIpc) is 3.58. The van der Waals surface area contributed by atoms with E-state index in [1.807, 2.05) is 6.92 Å². The quantitative estimate of drug-likeness (QED) is 0.461. The lowest BCUT2D eigenvalue weighted by molar-refractivity contribution is -0.119. The van der Waals surface area contributed by atoms with Crippen LogP contribution in [0.25, 0.3) is 16.7 Å². The molecule has 0 spiro atoms. The second-order valence-electron chi connectivity index (χ2n) is 7.41. The van der Waals surface area contributed by atoms with Crippen molar-refractivity contribution in [1.82, 2.24) is 14.0 Å². The summed E-state index contributed by atoms with van der Waals surface area (Å²) in [5.74, 6) is -0.947. The van der Waals surface area contributed by atoms with Crippen molar-refractivity contribution in [2.75, 3.05) is 6.61 Å². The number of aryl methyl sites for hydroxylation is 1. The number of amides is 1. The minimum atomic E-state index is -0.607. The molecule has 3 aromatic rings. The minimum absolute atomic E-state index is 0.0921. The van der Waals surface area contributed by atoms with Gasteiger partial charge in [-0.25, -0.2) is 9.78 Å². The fourth-order valence-corrected chi connectivity index (χ4v) is 3.41. The molecule has 0 radical (unpaired) electrons. The standard InChI is InChI=1S/C22H24N4O4/c1-3-5-11-26-18-15(21(28)25-12-7-6-8-17(25)23-18)13-16(22(29)30-4-2)19(26)24-20(27)14-9-10-14/h6-8,12-14H,3-5,9-11H2,1-2H3. The smallest absolute Gasteiger partial charge is 0.341 e. The summed E-state index contributed by atoms with van der Waals surface area (Å²) in [5.41, 5.74) is 0.952. The molecule has 0 aliphatic heterocycles. The summed E-state index contributed by atoms with van der Waals surface area (Å²) in [4.78, 5) is 47.4. The van der Waals surface area contributed by atoms with E-state index in [1.165, 1.54) is 10.5 Å². The van der Waals surface area contributed by atoms with Gasteiger partial charge in [0.15, 0.2) is 5.49 Å². The predicted octanol–water partition coefficient (Wildman–Crippen LogP) is 2.46. The Bertz CT molecular complexity index is 1270. The van der Waals surface area contributed by atoms with E-state index in [-0.39, 0.29) is 40.4 Å². The Labute approximate surface area is 172 Å². The summed E-state index contributed by atoms with van der Waals surface area (Å²) in [5, 5.41) is 0.288. The maximum Gasteiger partial charge on any atom is 0.341 e. The molecule has 0 atom stereocenters. The second-order valence-corrected chi connectivity index (χ2v) is 7.41. The highest BCUT2D eigenvalue weighted by atomic mass is 16.5. The largest absolute Gasteiger partial charge is 0.462 e. The summed E-state index contributed by atoms with van der Waals surface area (Å²) >= 11 is 0. The zero-order chi connectivity index (χ0) is 21.3. The molecule has 3 aromatic heterocycles. The second kappa shape index (κ2) is 8.22. The lowest BCUT2D eigenvalue weighted by Gasteiger charge is -2.14. The highest BCUT2D eigenvalue weighted by Crippen LogP contribution is 2.30. The van der Waals surface area contributed by atoms with Gasteiger partial charge < -0.3 is 9.30 Å². The van der Waals surface area contributed by atoms with Crippen molar-refractivity contribution >= 4 is 28.6 Å². The molecule has 156 valence electrons. The Morgan fingerprint density at radius 3 is 2.77 bits per heavy atom. The summed E-state index contributed by atoms with van der Waals surface area (Å²) in [6.45, 7) is 4.41. The highest BCUT2D eigenvalue weighted by Gasteiger charge is 2.30. The van der Waals surface area contributed by atoms with Gasteiger partial charge in [-0.05, 0) is 44.4 Å². The van der Waals surface area contributed by atoms with E-state index in [4.69, 9.17) is 4.74 Å². The first-order chi connectivity index (χ1) is 14.5. The topological polar surface area (TPSA) is 95.0 Å². The molecule has 0 bridgehead atoms. The number of hydrogen-bond donors (Lipinski definition) is 0. The number of carbonyl (C=O) groups is 2. The van der Waals surface area contributed by atoms with Gasteiger partial charge in [0, 0.05) is 18.7 Å². The average molecular weight is 408 g/mol. The van der Waals surface area contributed by atoms with Crippen LogP contribution in [0.15, 0.2) is 40.2 Å². The third-order valence-electron chi connectivity index (χ3n) is 5.16. The highest BCUT2D eigenvalue weighted by molar-refractivity contribution is 5.94. The van der Waals surface area contributed by atoms with E-state index in [0.29, 0.717) is 17.8 Å². The number of carbonyl (C=O) groups excluding carboxylic acids is 2. The molecule has 4 rings (SSSR count). The third kappa shape index (κ3) is 3.65. The molecule has 0 N–H and O–H groups in total. The first kappa shape index (κ1) is 20.0. The van der Waals surface area contributed by atoms with Crippen molar-refractivity contribution < 1.29 is 14.3 Å². The van der Waals surface area contributed by atoms with Gasteiger partial charge in [-0.1, -0.05) is 19.4 Å². The van der Waals surface area contributed by atoms with Gasteiger partial charge in [-0.2, -0.15) is 4.99 Å². The van der Waals surface area contributed by atoms with Gasteiger partial charge in [0.2, 0.25) is 0 Å². The maximum atomic E-state index is 13.2. The SMILES string of the molecule is CCCCn1c(=NC(=O)C2CC2)c(C(=O)OCC)cc2c(=O)n3ccccc3nc21. The van der Waals surface area contributed by atoms with Crippen LogP contribution < -0.4 is 11.0 Å². The lowest BCUT2D eigenvalue weighted by atomic mass is 10.2. The van der Waals surface area contributed by atoms with Crippen LogP contribution in [0.4, 0.5) is 0 Å². The molecule has 1 saturated carbocycles. The summed E-state index contributed by atoms with van der Waals surface area (Å²) < 4.78 is 8.37. The number of pyridine rings is 2. The van der Waals surface area contributed by atoms with Crippen molar-refractivity contribution in [3.8, 4) is 0 Å². The minimum Gasteiger partial charge on any atom is -0.462 e. The van der Waals surface area contributed by atoms with Gasteiger partial charge in [-0.15, -0.1) is 0 Å². The zero-order valence-corrected chi connectivity index (χ0v) is 17.1. The van der Waals surface area contributed by atoms with Gasteiger partial charge >= 0.3 is 5.97 Å². The first-order valence-corrected chi connectivity index (χ1v) is 10.4. The molecule has 1 aliphatic carbocycles. The molecule has 1 amide bonds. The molecule has 8 heteroatoms. The molecule has 1 fully saturated rings. The zero-order valence-electron chi connectivity index (χ0n) is 17.1. The summed E-state index contributed by atoms with van der Waals surface area (Å²) in [6, 6.07) is 6.76. The number of hydrogen-bond acceptors (Lipinski definition) is 5. The molecule has 1 aliphatic rings. The molecule has 0 aromatic carbocycles. The van der Waals surface area contributed by atoms with E-state index in [0.717, 1.165) is 25.7 Å². The number of rotatable bonds is 6. The van der Waals surface area contributed by atoms with Gasteiger partial charge in [0.25, 0.3) is 11.5 Å². The number of esters is 1. The van der Waals surface area contributed by atoms with Crippen molar-refractivity contribution in [2.24, 2.45) is 10.9 Å². The van der Waals surface area contributed by atoms with E-state index in [9.17, 15) is 14.4 Å². The van der Waals surface area contributed by atoms with E-state index in [1.54, 1.807) is 35.9 Å². The number of ether oxygens (including phenoxy) is 1. The van der Waals surface area contributed by atoms with Crippen LogP contribution in [-0.4, -0.2) is 32.4 Å². The summed E-state index contributed by atoms with van der Waals surface area (Å²) in [6.07, 6.45) is 4.93. The van der Waals surface area contributed by atoms with E-state index < -0.39 is 5.97 Å². The molecule has 3 heterocycles. The fourth-order valence-electron chi connectivity index (χ4n) is 3.41. The number of nitrogens with zero attached hydrogens (tertiary/aromatic N) is 4. The first-order valence-electron chi connectivity index (χ1n) is 10.4. The normalized spacial score (nSPS) is 14.4.